The SMILES string of the molecule is CCN(CC(=O)NC(c1ccccc1)c1ccccc1)C[C@@H]1COc2ccccc2O1. The Labute approximate surface area is 183 Å². The summed E-state index contributed by atoms with van der Waals surface area (Å²) in [4.78, 5) is 15.1. The van der Waals surface area contributed by atoms with Crippen LogP contribution in [0.5, 0.6) is 11.5 Å². The van der Waals surface area contributed by atoms with E-state index in [2.05, 4.69) is 17.1 Å². The van der Waals surface area contributed by atoms with Gasteiger partial charge in [-0.3, -0.25) is 9.69 Å². The van der Waals surface area contributed by atoms with Crippen molar-refractivity contribution in [1.29, 1.82) is 0 Å². The number of ether oxygens (including phenoxy) is 2. The molecule has 0 radical (unpaired) electrons. The molecule has 1 aliphatic rings. The van der Waals surface area contributed by atoms with Crippen LogP contribution in [0.25, 0.3) is 0 Å². The molecule has 0 unspecified atom stereocenters. The maximum Gasteiger partial charge on any atom is 0.234 e. The molecule has 5 nitrogen and oxygen atoms in total. The number of nitrogens with zero attached hydrogens (tertiary/aromatic N) is 1. The van der Waals surface area contributed by atoms with Gasteiger partial charge in [-0.25, -0.2) is 0 Å². The monoisotopic (exact) mass is 416 g/mol. The van der Waals surface area contributed by atoms with E-state index < -0.39 is 0 Å². The minimum absolute atomic E-state index is 0.0170. The second-order valence-corrected chi connectivity index (χ2v) is 7.65. The van der Waals surface area contributed by atoms with Gasteiger partial charge in [0.2, 0.25) is 5.91 Å². The molecule has 0 saturated heterocycles. The molecule has 0 saturated carbocycles. The number of benzene rings is 3. The van der Waals surface area contributed by atoms with Crippen molar-refractivity contribution >= 4 is 5.91 Å². The summed E-state index contributed by atoms with van der Waals surface area (Å²) in [6.07, 6.45) is -0.110. The van der Waals surface area contributed by atoms with Gasteiger partial charge < -0.3 is 14.8 Å². The van der Waals surface area contributed by atoms with Gasteiger partial charge in [-0.1, -0.05) is 79.7 Å². The molecule has 0 aromatic heterocycles. The van der Waals surface area contributed by atoms with Crippen LogP contribution in [0.3, 0.4) is 0 Å². The number of carbonyl (C=O) groups is 1. The summed E-state index contributed by atoms with van der Waals surface area (Å²) in [5, 5.41) is 3.21. The van der Waals surface area contributed by atoms with Crippen LogP contribution in [-0.2, 0) is 4.79 Å². The third-order valence-electron chi connectivity index (χ3n) is 5.41. The van der Waals surface area contributed by atoms with E-state index in [1.165, 1.54) is 0 Å². The maximum atomic E-state index is 13.0. The van der Waals surface area contributed by atoms with Gasteiger partial charge in [0.25, 0.3) is 0 Å². The Morgan fingerprint density at radius 1 is 0.935 bits per heavy atom. The zero-order valence-corrected chi connectivity index (χ0v) is 17.7. The highest BCUT2D eigenvalue weighted by Crippen LogP contribution is 2.31. The number of fused-ring (bicyclic) bond motifs is 1. The van der Waals surface area contributed by atoms with Crippen LogP contribution in [0.15, 0.2) is 84.9 Å². The van der Waals surface area contributed by atoms with E-state index in [1.807, 2.05) is 84.9 Å². The second-order valence-electron chi connectivity index (χ2n) is 7.65. The summed E-state index contributed by atoms with van der Waals surface area (Å²) in [7, 11) is 0. The van der Waals surface area contributed by atoms with Crippen molar-refractivity contribution in [3.8, 4) is 11.5 Å². The lowest BCUT2D eigenvalue weighted by Crippen LogP contribution is -2.45. The summed E-state index contributed by atoms with van der Waals surface area (Å²) in [5.41, 5.74) is 2.12. The van der Waals surface area contributed by atoms with Gasteiger partial charge >= 0.3 is 0 Å². The summed E-state index contributed by atoms with van der Waals surface area (Å²) < 4.78 is 11.9. The van der Waals surface area contributed by atoms with Crippen LogP contribution in [0.2, 0.25) is 0 Å². The molecule has 160 valence electrons. The highest BCUT2D eigenvalue weighted by molar-refractivity contribution is 5.79. The number of hydrogen-bond acceptors (Lipinski definition) is 4. The molecule has 3 aromatic carbocycles. The molecule has 1 aliphatic heterocycles. The molecule has 1 heterocycles. The molecular weight excluding hydrogens is 388 g/mol. The van der Waals surface area contributed by atoms with Crippen molar-refractivity contribution in [1.82, 2.24) is 10.2 Å². The number of likely N-dealkylation sites (N-methyl/N-ethyl adjacent to an activating group) is 1. The molecule has 0 fully saturated rings. The van der Waals surface area contributed by atoms with Crippen LogP contribution in [0.4, 0.5) is 0 Å². The predicted octanol–water partition coefficient (Wildman–Crippen LogP) is 4.05. The van der Waals surface area contributed by atoms with E-state index >= 15 is 0 Å². The van der Waals surface area contributed by atoms with Crippen molar-refractivity contribution in [2.24, 2.45) is 0 Å². The van der Waals surface area contributed by atoms with E-state index in [4.69, 9.17) is 9.47 Å². The Bertz CT molecular complexity index is 939. The molecule has 3 aromatic rings. The van der Waals surface area contributed by atoms with Crippen LogP contribution in [0, 0.1) is 0 Å². The van der Waals surface area contributed by atoms with Crippen molar-refractivity contribution in [2.75, 3.05) is 26.2 Å². The largest absolute Gasteiger partial charge is 0.486 e. The predicted molar refractivity (Wildman–Crippen MR) is 121 cm³/mol. The summed E-state index contributed by atoms with van der Waals surface area (Å²) in [6.45, 7) is 4.20. The lowest BCUT2D eigenvalue weighted by molar-refractivity contribution is -0.123. The Morgan fingerprint density at radius 2 is 1.52 bits per heavy atom. The van der Waals surface area contributed by atoms with E-state index in [9.17, 15) is 4.79 Å². The lowest BCUT2D eigenvalue weighted by Gasteiger charge is -2.31. The first kappa shape index (κ1) is 20.9. The van der Waals surface area contributed by atoms with Crippen molar-refractivity contribution in [2.45, 2.75) is 19.1 Å². The van der Waals surface area contributed by atoms with Crippen molar-refractivity contribution in [3.05, 3.63) is 96.1 Å². The normalized spacial score (nSPS) is 15.1. The molecule has 1 amide bonds. The van der Waals surface area contributed by atoms with Crippen LogP contribution in [-0.4, -0.2) is 43.2 Å². The molecule has 1 atom stereocenters. The Hall–Kier alpha value is -3.31. The second kappa shape index (κ2) is 10.1. The first-order chi connectivity index (χ1) is 15.2. The van der Waals surface area contributed by atoms with Gasteiger partial charge in [0.15, 0.2) is 11.5 Å². The van der Waals surface area contributed by atoms with Gasteiger partial charge in [0.05, 0.1) is 12.6 Å². The van der Waals surface area contributed by atoms with Crippen molar-refractivity contribution in [3.63, 3.8) is 0 Å². The molecule has 4 rings (SSSR count). The topological polar surface area (TPSA) is 50.8 Å². The molecular formula is C26H28N2O3. The molecule has 0 spiro atoms. The van der Waals surface area contributed by atoms with Crippen LogP contribution in [0.1, 0.15) is 24.1 Å². The third-order valence-corrected chi connectivity index (χ3v) is 5.41. The first-order valence-electron chi connectivity index (χ1n) is 10.7. The highest BCUT2D eigenvalue weighted by atomic mass is 16.6. The number of amides is 1. The van der Waals surface area contributed by atoms with E-state index in [0.29, 0.717) is 19.7 Å². The van der Waals surface area contributed by atoms with Crippen molar-refractivity contribution < 1.29 is 14.3 Å². The number of hydrogen-bond donors (Lipinski definition) is 1. The minimum Gasteiger partial charge on any atom is -0.486 e. The fraction of sp³-hybridized carbons (Fsp3) is 0.269. The minimum atomic E-state index is -0.185. The highest BCUT2D eigenvalue weighted by Gasteiger charge is 2.24. The maximum absolute atomic E-state index is 13.0. The molecule has 31 heavy (non-hydrogen) atoms. The van der Waals surface area contributed by atoms with Gasteiger partial charge in [-0.2, -0.15) is 0 Å². The lowest BCUT2D eigenvalue weighted by atomic mass is 9.99. The molecule has 5 heteroatoms. The number of carbonyl (C=O) groups excluding carboxylic acids is 1. The fourth-order valence-corrected chi connectivity index (χ4v) is 3.81. The quantitative estimate of drug-likeness (QED) is 0.602. The number of rotatable bonds is 8. The van der Waals surface area contributed by atoms with E-state index in [-0.39, 0.29) is 18.1 Å². The van der Waals surface area contributed by atoms with Gasteiger partial charge in [-0.15, -0.1) is 0 Å². The molecule has 1 N–H and O–H groups in total. The van der Waals surface area contributed by atoms with Gasteiger partial charge in [-0.05, 0) is 29.8 Å². The Morgan fingerprint density at radius 3 is 2.13 bits per heavy atom. The fourth-order valence-electron chi connectivity index (χ4n) is 3.81. The van der Waals surface area contributed by atoms with E-state index in [1.54, 1.807) is 0 Å². The van der Waals surface area contributed by atoms with Crippen LogP contribution < -0.4 is 14.8 Å². The smallest absolute Gasteiger partial charge is 0.234 e. The molecule has 0 aliphatic carbocycles. The Balaban J connectivity index is 1.40. The Kier molecular flexibility index (Phi) is 6.85. The van der Waals surface area contributed by atoms with Crippen LogP contribution >= 0.6 is 0 Å². The first-order valence-corrected chi connectivity index (χ1v) is 10.7. The zero-order valence-electron chi connectivity index (χ0n) is 17.7. The zero-order chi connectivity index (χ0) is 21.5. The summed E-state index contributed by atoms with van der Waals surface area (Å²) >= 11 is 0. The van der Waals surface area contributed by atoms with Gasteiger partial charge in [0.1, 0.15) is 12.7 Å². The molecule has 0 bridgehead atoms. The number of para-hydroxylation sites is 2. The van der Waals surface area contributed by atoms with Gasteiger partial charge in [0, 0.05) is 6.54 Å². The number of nitrogens with one attached hydrogen (secondary N) is 1. The standard InChI is InChI=1S/C26H28N2O3/c1-2-28(17-22-19-30-23-15-9-10-16-24(23)31-22)18-25(29)27-26(20-11-5-3-6-12-20)21-13-7-4-8-14-21/h3-16,22,26H,2,17-19H2,1H3,(H,27,29)/t22-/m1/s1. The third kappa shape index (κ3) is 5.44. The van der Waals surface area contributed by atoms with E-state index in [0.717, 1.165) is 29.2 Å². The average Bonchev–Trinajstić information content (AvgIpc) is 2.83. The average molecular weight is 417 g/mol. The summed E-state index contributed by atoms with van der Waals surface area (Å²) in [6, 6.07) is 27.6. The summed E-state index contributed by atoms with van der Waals surface area (Å²) in [5.74, 6) is 1.51.